The van der Waals surface area contributed by atoms with Crippen LogP contribution in [0.4, 0.5) is 4.79 Å². The zero-order chi connectivity index (χ0) is 15.8. The molecule has 1 saturated heterocycles. The summed E-state index contributed by atoms with van der Waals surface area (Å²) in [5.41, 5.74) is -0.435. The van der Waals surface area contributed by atoms with E-state index in [1.165, 1.54) is 0 Å². The maximum absolute atomic E-state index is 12.0. The van der Waals surface area contributed by atoms with Gasteiger partial charge in [-0.15, -0.1) is 0 Å². The van der Waals surface area contributed by atoms with Crippen molar-refractivity contribution < 1.29 is 14.3 Å². The Labute approximate surface area is 128 Å². The second kappa shape index (κ2) is 5.98. The van der Waals surface area contributed by atoms with Gasteiger partial charge in [-0.05, 0) is 57.3 Å². The molecule has 0 bridgehead atoms. The normalized spacial score (nSPS) is 30.4. The highest BCUT2D eigenvalue weighted by Gasteiger charge is 2.55. The summed E-state index contributed by atoms with van der Waals surface area (Å²) in [6.07, 6.45) is 2.94. The van der Waals surface area contributed by atoms with E-state index < -0.39 is 5.60 Å². The average molecular weight is 295 g/mol. The Balaban J connectivity index is 1.84. The molecule has 1 heterocycles. The van der Waals surface area contributed by atoms with E-state index in [9.17, 15) is 9.59 Å². The molecular formula is C17H29NO3. The van der Waals surface area contributed by atoms with Crippen molar-refractivity contribution in [2.45, 2.75) is 53.1 Å². The van der Waals surface area contributed by atoms with E-state index in [2.05, 4.69) is 13.8 Å². The van der Waals surface area contributed by atoms with Gasteiger partial charge in [0, 0.05) is 19.0 Å². The van der Waals surface area contributed by atoms with Crippen LogP contribution >= 0.6 is 0 Å². The maximum atomic E-state index is 12.0. The first-order valence-electron chi connectivity index (χ1n) is 8.18. The summed E-state index contributed by atoms with van der Waals surface area (Å²) >= 11 is 0. The first kappa shape index (κ1) is 16.3. The molecule has 120 valence electrons. The van der Waals surface area contributed by atoms with Gasteiger partial charge < -0.3 is 14.4 Å². The Morgan fingerprint density at radius 2 is 1.81 bits per heavy atom. The van der Waals surface area contributed by atoms with Crippen molar-refractivity contribution in [2.24, 2.45) is 29.6 Å². The highest BCUT2D eigenvalue weighted by atomic mass is 16.6. The van der Waals surface area contributed by atoms with E-state index in [0.29, 0.717) is 23.7 Å². The lowest BCUT2D eigenvalue weighted by Gasteiger charge is -2.34. The van der Waals surface area contributed by atoms with E-state index >= 15 is 0 Å². The minimum atomic E-state index is -0.435. The number of ether oxygens (including phenoxy) is 1. The highest BCUT2D eigenvalue weighted by molar-refractivity contribution is 5.68. The number of rotatable bonds is 3. The molecule has 1 aliphatic heterocycles. The molecule has 4 heteroatoms. The van der Waals surface area contributed by atoms with Crippen LogP contribution in [-0.2, 0) is 9.53 Å². The fraction of sp³-hybridized carbons (Fsp3) is 0.882. The molecule has 1 aliphatic carbocycles. The molecule has 0 aromatic heterocycles. The standard InChI is InChI=1S/C17H29NO3/c1-11(2)14-13(10-19)15(14)12-6-8-18(9-7-12)16(20)21-17(3,4)5/h10-15H,6-9H2,1-5H3/t13-,14+,15+/m0/s1. The van der Waals surface area contributed by atoms with Gasteiger partial charge in [0.25, 0.3) is 0 Å². The molecular weight excluding hydrogens is 266 g/mol. The van der Waals surface area contributed by atoms with E-state index in [1.807, 2.05) is 25.7 Å². The fourth-order valence-corrected chi connectivity index (χ4v) is 3.88. The summed E-state index contributed by atoms with van der Waals surface area (Å²) in [6, 6.07) is 0. The smallest absolute Gasteiger partial charge is 0.410 e. The minimum Gasteiger partial charge on any atom is -0.444 e. The van der Waals surface area contributed by atoms with Crippen LogP contribution < -0.4 is 0 Å². The van der Waals surface area contributed by atoms with Crippen LogP contribution in [0.15, 0.2) is 0 Å². The molecule has 2 fully saturated rings. The zero-order valence-corrected chi connectivity index (χ0v) is 14.0. The summed E-state index contributed by atoms with van der Waals surface area (Å²) in [4.78, 5) is 25.0. The highest BCUT2D eigenvalue weighted by Crippen LogP contribution is 2.56. The van der Waals surface area contributed by atoms with E-state index in [0.717, 1.165) is 32.2 Å². The molecule has 0 N–H and O–H groups in total. The van der Waals surface area contributed by atoms with Crippen LogP contribution in [-0.4, -0.2) is 36.0 Å². The molecule has 0 unspecified atom stereocenters. The maximum Gasteiger partial charge on any atom is 0.410 e. The van der Waals surface area contributed by atoms with Gasteiger partial charge >= 0.3 is 6.09 Å². The van der Waals surface area contributed by atoms with Crippen molar-refractivity contribution in [1.29, 1.82) is 0 Å². The van der Waals surface area contributed by atoms with Crippen LogP contribution in [0.5, 0.6) is 0 Å². The third-order valence-corrected chi connectivity index (χ3v) is 4.86. The molecule has 0 aromatic rings. The molecule has 0 aromatic carbocycles. The number of piperidine rings is 1. The number of amides is 1. The number of nitrogens with zero attached hydrogens (tertiary/aromatic N) is 1. The van der Waals surface area contributed by atoms with Crippen molar-refractivity contribution in [1.82, 2.24) is 4.90 Å². The second-order valence-electron chi connectivity index (χ2n) is 7.92. The van der Waals surface area contributed by atoms with Gasteiger partial charge in [0.2, 0.25) is 0 Å². The molecule has 2 aliphatic rings. The van der Waals surface area contributed by atoms with Crippen molar-refractivity contribution in [3.63, 3.8) is 0 Å². The first-order chi connectivity index (χ1) is 9.74. The number of carbonyl (C=O) groups is 2. The van der Waals surface area contributed by atoms with Crippen LogP contribution in [0.2, 0.25) is 0 Å². The molecule has 21 heavy (non-hydrogen) atoms. The van der Waals surface area contributed by atoms with Crippen LogP contribution in [0.3, 0.4) is 0 Å². The van der Waals surface area contributed by atoms with Crippen molar-refractivity contribution in [3.8, 4) is 0 Å². The Hall–Kier alpha value is -1.06. The third kappa shape index (κ3) is 3.78. The number of likely N-dealkylation sites (tertiary alicyclic amines) is 1. The van der Waals surface area contributed by atoms with E-state index in [1.54, 1.807) is 0 Å². The van der Waals surface area contributed by atoms with E-state index in [4.69, 9.17) is 4.74 Å². The summed E-state index contributed by atoms with van der Waals surface area (Å²) < 4.78 is 5.42. The topological polar surface area (TPSA) is 46.6 Å². The monoisotopic (exact) mass is 295 g/mol. The second-order valence-corrected chi connectivity index (χ2v) is 7.92. The van der Waals surface area contributed by atoms with Crippen molar-refractivity contribution in [2.75, 3.05) is 13.1 Å². The molecule has 0 spiro atoms. The van der Waals surface area contributed by atoms with Crippen molar-refractivity contribution >= 4 is 12.4 Å². The lowest BCUT2D eigenvalue weighted by molar-refractivity contribution is -0.109. The molecule has 3 atom stereocenters. The molecule has 4 nitrogen and oxygen atoms in total. The molecule has 1 saturated carbocycles. The Morgan fingerprint density at radius 1 is 1.24 bits per heavy atom. The molecule has 2 rings (SSSR count). The van der Waals surface area contributed by atoms with Crippen LogP contribution in [0.1, 0.15) is 47.5 Å². The van der Waals surface area contributed by atoms with E-state index in [-0.39, 0.29) is 12.0 Å². The third-order valence-electron chi connectivity index (χ3n) is 4.86. The summed E-state index contributed by atoms with van der Waals surface area (Å²) in [7, 11) is 0. The number of carbonyl (C=O) groups excluding carboxylic acids is 2. The lowest BCUT2D eigenvalue weighted by Crippen LogP contribution is -2.42. The van der Waals surface area contributed by atoms with Gasteiger partial charge in [-0.1, -0.05) is 13.8 Å². The van der Waals surface area contributed by atoms with Crippen molar-refractivity contribution in [3.05, 3.63) is 0 Å². The minimum absolute atomic E-state index is 0.205. The first-order valence-corrected chi connectivity index (χ1v) is 8.18. The van der Waals surface area contributed by atoms with Crippen LogP contribution in [0.25, 0.3) is 0 Å². The average Bonchev–Trinajstić information content (AvgIpc) is 3.11. The lowest BCUT2D eigenvalue weighted by atomic mass is 9.89. The Kier molecular flexibility index (Phi) is 4.64. The zero-order valence-electron chi connectivity index (χ0n) is 14.0. The van der Waals surface area contributed by atoms with Gasteiger partial charge in [-0.25, -0.2) is 4.79 Å². The van der Waals surface area contributed by atoms with Gasteiger partial charge in [-0.3, -0.25) is 0 Å². The fourth-order valence-electron chi connectivity index (χ4n) is 3.88. The predicted octanol–water partition coefficient (Wildman–Crippen LogP) is 3.35. The van der Waals surface area contributed by atoms with Crippen LogP contribution in [0, 0.1) is 29.6 Å². The van der Waals surface area contributed by atoms with Gasteiger partial charge in [0.1, 0.15) is 11.9 Å². The van der Waals surface area contributed by atoms with Gasteiger partial charge in [0.15, 0.2) is 0 Å². The number of hydrogen-bond donors (Lipinski definition) is 0. The largest absolute Gasteiger partial charge is 0.444 e. The van der Waals surface area contributed by atoms with Gasteiger partial charge in [0.05, 0.1) is 0 Å². The quantitative estimate of drug-likeness (QED) is 0.750. The summed E-state index contributed by atoms with van der Waals surface area (Å²) in [5.74, 6) is 2.52. The Bertz CT molecular complexity index is 391. The predicted molar refractivity (Wildman–Crippen MR) is 81.9 cm³/mol. The summed E-state index contributed by atoms with van der Waals surface area (Å²) in [5, 5.41) is 0. The number of hydrogen-bond acceptors (Lipinski definition) is 3. The summed E-state index contributed by atoms with van der Waals surface area (Å²) in [6.45, 7) is 11.6. The molecule has 0 radical (unpaired) electrons. The van der Waals surface area contributed by atoms with Gasteiger partial charge in [-0.2, -0.15) is 0 Å². The molecule has 1 amide bonds. The Morgan fingerprint density at radius 3 is 2.19 bits per heavy atom. The SMILES string of the molecule is CC(C)[C@@H]1[C@H](C=O)[C@H]1C1CCN(C(=O)OC(C)(C)C)CC1. The number of aldehydes is 1.